The predicted octanol–water partition coefficient (Wildman–Crippen LogP) is 3.09. The van der Waals surface area contributed by atoms with Crippen LogP contribution in [0.25, 0.3) is 0 Å². The van der Waals surface area contributed by atoms with Crippen LogP contribution in [0.15, 0.2) is 54.6 Å². The Balaban J connectivity index is 2.05. The SMILES string of the molecule is CC(C)[C@H](NC(=O)c1ccccc1)C(=O)OCc1ccccc1[N+](=O)[O-]. The molecule has 136 valence electrons. The van der Waals surface area contributed by atoms with Crippen molar-refractivity contribution in [1.29, 1.82) is 0 Å². The highest BCUT2D eigenvalue weighted by molar-refractivity contribution is 5.96. The first-order valence-corrected chi connectivity index (χ1v) is 8.15. The van der Waals surface area contributed by atoms with E-state index in [1.165, 1.54) is 12.1 Å². The number of benzene rings is 2. The lowest BCUT2D eigenvalue weighted by Crippen LogP contribution is -2.45. The van der Waals surface area contributed by atoms with Gasteiger partial charge in [-0.05, 0) is 24.1 Å². The summed E-state index contributed by atoms with van der Waals surface area (Å²) in [5.41, 5.74) is 0.613. The molecule has 2 aromatic rings. The maximum absolute atomic E-state index is 12.4. The van der Waals surface area contributed by atoms with E-state index >= 15 is 0 Å². The molecule has 0 fully saturated rings. The molecule has 0 aliphatic rings. The Kier molecular flexibility index (Phi) is 6.43. The third kappa shape index (κ3) is 4.89. The zero-order chi connectivity index (χ0) is 19.1. The molecule has 0 unspecified atom stereocenters. The van der Waals surface area contributed by atoms with Gasteiger partial charge in [0.15, 0.2) is 0 Å². The van der Waals surface area contributed by atoms with Gasteiger partial charge in [-0.25, -0.2) is 4.79 Å². The van der Waals surface area contributed by atoms with E-state index in [2.05, 4.69) is 5.32 Å². The minimum Gasteiger partial charge on any atom is -0.459 e. The molecule has 7 heteroatoms. The number of nitrogens with one attached hydrogen (secondary N) is 1. The topological polar surface area (TPSA) is 98.5 Å². The number of hydrogen-bond acceptors (Lipinski definition) is 5. The van der Waals surface area contributed by atoms with Crippen LogP contribution in [0.5, 0.6) is 0 Å². The van der Waals surface area contributed by atoms with Crippen molar-refractivity contribution in [3.8, 4) is 0 Å². The summed E-state index contributed by atoms with van der Waals surface area (Å²) in [7, 11) is 0. The molecule has 2 rings (SSSR count). The largest absolute Gasteiger partial charge is 0.459 e. The zero-order valence-electron chi connectivity index (χ0n) is 14.5. The molecule has 0 radical (unpaired) electrons. The second-order valence-electron chi connectivity index (χ2n) is 6.05. The summed E-state index contributed by atoms with van der Waals surface area (Å²) in [5.74, 6) is -1.23. The van der Waals surface area contributed by atoms with Crippen LogP contribution in [0.1, 0.15) is 29.8 Å². The molecular formula is C19H20N2O5. The van der Waals surface area contributed by atoms with Gasteiger partial charge in [0, 0.05) is 11.6 Å². The number of nitro benzene ring substituents is 1. The van der Waals surface area contributed by atoms with E-state index in [4.69, 9.17) is 4.74 Å². The minimum atomic E-state index is -0.856. The predicted molar refractivity (Wildman–Crippen MR) is 95.4 cm³/mol. The highest BCUT2D eigenvalue weighted by Crippen LogP contribution is 2.19. The summed E-state index contributed by atoms with van der Waals surface area (Å²) in [6.07, 6.45) is 0. The lowest BCUT2D eigenvalue weighted by atomic mass is 10.0. The summed E-state index contributed by atoms with van der Waals surface area (Å²) in [6.45, 7) is 3.32. The van der Waals surface area contributed by atoms with Gasteiger partial charge in [0.2, 0.25) is 0 Å². The number of para-hydroxylation sites is 1. The Bertz CT molecular complexity index is 790. The van der Waals surface area contributed by atoms with Crippen molar-refractivity contribution >= 4 is 17.6 Å². The molecule has 0 saturated heterocycles. The summed E-state index contributed by atoms with van der Waals surface area (Å²) in [4.78, 5) is 35.2. The first-order chi connectivity index (χ1) is 12.4. The number of carbonyl (C=O) groups is 2. The number of ether oxygens (including phenoxy) is 1. The summed E-state index contributed by atoms with van der Waals surface area (Å²) in [6, 6.07) is 13.7. The first-order valence-electron chi connectivity index (χ1n) is 8.15. The summed E-state index contributed by atoms with van der Waals surface area (Å²) >= 11 is 0. The maximum Gasteiger partial charge on any atom is 0.329 e. The Hall–Kier alpha value is -3.22. The van der Waals surface area contributed by atoms with Crippen LogP contribution in [0, 0.1) is 16.0 Å². The van der Waals surface area contributed by atoms with Crippen LogP contribution >= 0.6 is 0 Å². The number of rotatable bonds is 7. The van der Waals surface area contributed by atoms with Crippen LogP contribution in [-0.2, 0) is 16.1 Å². The van der Waals surface area contributed by atoms with E-state index in [1.807, 2.05) is 0 Å². The molecular weight excluding hydrogens is 336 g/mol. The summed E-state index contributed by atoms with van der Waals surface area (Å²) in [5, 5.41) is 13.7. The van der Waals surface area contributed by atoms with Crippen molar-refractivity contribution in [3.63, 3.8) is 0 Å². The molecule has 7 nitrogen and oxygen atoms in total. The standard InChI is InChI=1S/C19H20N2O5/c1-13(2)17(20-18(22)14-8-4-3-5-9-14)19(23)26-12-15-10-6-7-11-16(15)21(24)25/h3-11,13,17H,12H2,1-2H3,(H,20,22)/t17-/m0/s1. The van der Waals surface area contributed by atoms with Crippen LogP contribution in [0.4, 0.5) is 5.69 Å². The number of nitro groups is 1. The average molecular weight is 356 g/mol. The van der Waals surface area contributed by atoms with E-state index in [-0.39, 0.29) is 24.1 Å². The smallest absolute Gasteiger partial charge is 0.329 e. The molecule has 0 spiro atoms. The van der Waals surface area contributed by atoms with Gasteiger partial charge in [-0.3, -0.25) is 14.9 Å². The van der Waals surface area contributed by atoms with Gasteiger partial charge in [0.1, 0.15) is 12.6 Å². The lowest BCUT2D eigenvalue weighted by molar-refractivity contribution is -0.385. The molecule has 26 heavy (non-hydrogen) atoms. The molecule has 1 amide bonds. The van der Waals surface area contributed by atoms with E-state index < -0.39 is 16.9 Å². The molecule has 0 aliphatic carbocycles. The maximum atomic E-state index is 12.4. The summed E-state index contributed by atoms with van der Waals surface area (Å²) < 4.78 is 5.22. The molecule has 1 atom stereocenters. The monoisotopic (exact) mass is 356 g/mol. The normalized spacial score (nSPS) is 11.7. The molecule has 0 aliphatic heterocycles. The fourth-order valence-electron chi connectivity index (χ4n) is 2.36. The Morgan fingerprint density at radius 2 is 1.69 bits per heavy atom. The van der Waals surface area contributed by atoms with Crippen LogP contribution in [0.2, 0.25) is 0 Å². The van der Waals surface area contributed by atoms with Gasteiger partial charge in [-0.15, -0.1) is 0 Å². The highest BCUT2D eigenvalue weighted by Gasteiger charge is 2.27. The fraction of sp³-hybridized carbons (Fsp3) is 0.263. The van der Waals surface area contributed by atoms with E-state index in [0.717, 1.165) is 0 Å². The molecule has 0 aromatic heterocycles. The molecule has 2 aromatic carbocycles. The van der Waals surface area contributed by atoms with Gasteiger partial charge in [0.05, 0.1) is 10.5 Å². The Morgan fingerprint density at radius 3 is 2.31 bits per heavy atom. The average Bonchev–Trinajstić information content (AvgIpc) is 2.64. The minimum absolute atomic E-state index is 0.116. The quantitative estimate of drug-likeness (QED) is 0.467. The van der Waals surface area contributed by atoms with E-state index in [0.29, 0.717) is 11.1 Å². The van der Waals surface area contributed by atoms with Gasteiger partial charge in [-0.1, -0.05) is 44.2 Å². The molecule has 0 saturated carbocycles. The fourth-order valence-corrected chi connectivity index (χ4v) is 2.36. The van der Waals surface area contributed by atoms with Gasteiger partial charge in [-0.2, -0.15) is 0 Å². The molecule has 1 N–H and O–H groups in total. The molecule has 0 heterocycles. The Labute approximate surface area is 151 Å². The van der Waals surface area contributed by atoms with Crippen molar-refractivity contribution < 1.29 is 19.2 Å². The van der Waals surface area contributed by atoms with Gasteiger partial charge in [0.25, 0.3) is 11.6 Å². The van der Waals surface area contributed by atoms with E-state index in [1.54, 1.807) is 56.3 Å². The number of carbonyl (C=O) groups excluding carboxylic acids is 2. The van der Waals surface area contributed by atoms with Crippen molar-refractivity contribution in [3.05, 3.63) is 75.8 Å². The third-order valence-corrected chi connectivity index (χ3v) is 3.80. The van der Waals surface area contributed by atoms with Crippen molar-refractivity contribution in [1.82, 2.24) is 5.32 Å². The first kappa shape index (κ1) is 19.1. The van der Waals surface area contributed by atoms with E-state index in [9.17, 15) is 19.7 Å². The second-order valence-corrected chi connectivity index (χ2v) is 6.05. The lowest BCUT2D eigenvalue weighted by Gasteiger charge is -2.21. The van der Waals surface area contributed by atoms with Crippen molar-refractivity contribution in [2.24, 2.45) is 5.92 Å². The third-order valence-electron chi connectivity index (χ3n) is 3.80. The number of hydrogen-bond donors (Lipinski definition) is 1. The van der Waals surface area contributed by atoms with Crippen molar-refractivity contribution in [2.75, 3.05) is 0 Å². The van der Waals surface area contributed by atoms with Crippen molar-refractivity contribution in [2.45, 2.75) is 26.5 Å². The number of esters is 1. The molecule has 0 bridgehead atoms. The zero-order valence-corrected chi connectivity index (χ0v) is 14.5. The van der Waals surface area contributed by atoms with Crippen LogP contribution in [0.3, 0.4) is 0 Å². The second kappa shape index (κ2) is 8.75. The van der Waals surface area contributed by atoms with Gasteiger partial charge < -0.3 is 10.1 Å². The highest BCUT2D eigenvalue weighted by atomic mass is 16.6. The number of nitrogens with zero attached hydrogens (tertiary/aromatic N) is 1. The Morgan fingerprint density at radius 1 is 1.08 bits per heavy atom. The van der Waals surface area contributed by atoms with Crippen LogP contribution in [-0.4, -0.2) is 22.8 Å². The van der Waals surface area contributed by atoms with Crippen LogP contribution < -0.4 is 5.32 Å². The van der Waals surface area contributed by atoms with Gasteiger partial charge >= 0.3 is 5.97 Å². The number of amides is 1.